The number of nitrogens with zero attached hydrogens (tertiary/aromatic N) is 1. The highest BCUT2D eigenvalue weighted by atomic mass is 32.2. The van der Waals surface area contributed by atoms with E-state index in [1.165, 1.54) is 0 Å². The first kappa shape index (κ1) is 21.4. The average molecular weight is 397 g/mol. The Labute approximate surface area is 160 Å². The molecule has 1 aliphatic rings. The third kappa shape index (κ3) is 5.77. The molecule has 2 N–H and O–H groups in total. The first-order valence-corrected chi connectivity index (χ1v) is 10.8. The molecule has 1 heterocycles. The molecular weight excluding hydrogens is 368 g/mol. The molecule has 0 aliphatic carbocycles. The first-order valence-electron chi connectivity index (χ1n) is 9.10. The smallest absolute Gasteiger partial charge is 0.222 e. The van der Waals surface area contributed by atoms with Crippen LogP contribution in [0.2, 0.25) is 0 Å². The van der Waals surface area contributed by atoms with Gasteiger partial charge in [0.05, 0.1) is 12.9 Å². The van der Waals surface area contributed by atoms with Crippen molar-refractivity contribution in [2.75, 3.05) is 26.0 Å². The van der Waals surface area contributed by atoms with Crippen molar-refractivity contribution in [2.24, 2.45) is 11.1 Å². The van der Waals surface area contributed by atoms with Gasteiger partial charge >= 0.3 is 0 Å². The number of hydrogen-bond acceptors (Lipinski definition) is 5. The highest BCUT2D eigenvalue weighted by Gasteiger charge is 2.29. The number of ether oxygens (including phenoxy) is 1. The van der Waals surface area contributed by atoms with Crippen LogP contribution in [0.3, 0.4) is 0 Å². The van der Waals surface area contributed by atoms with Crippen LogP contribution in [-0.4, -0.2) is 51.0 Å². The number of likely N-dealkylation sites (tertiary alicyclic amines) is 1. The van der Waals surface area contributed by atoms with E-state index in [1.54, 1.807) is 12.0 Å². The van der Waals surface area contributed by atoms with Crippen molar-refractivity contribution in [3.63, 3.8) is 0 Å². The number of primary sulfonamides is 1. The van der Waals surface area contributed by atoms with Gasteiger partial charge in [-0.05, 0) is 56.4 Å². The largest absolute Gasteiger partial charge is 0.496 e. The van der Waals surface area contributed by atoms with Crippen LogP contribution in [0.1, 0.15) is 47.2 Å². The quantitative estimate of drug-likeness (QED) is 0.707. The third-order valence-corrected chi connectivity index (χ3v) is 5.77. The Morgan fingerprint density at radius 3 is 2.44 bits per heavy atom. The van der Waals surface area contributed by atoms with E-state index in [9.17, 15) is 18.0 Å². The van der Waals surface area contributed by atoms with Crippen LogP contribution in [0.4, 0.5) is 0 Å². The molecule has 0 aromatic heterocycles. The first-order chi connectivity index (χ1) is 12.6. The molecule has 0 bridgehead atoms. The maximum absolute atomic E-state index is 12.9. The molecule has 8 heteroatoms. The van der Waals surface area contributed by atoms with E-state index in [0.717, 1.165) is 29.7 Å². The van der Waals surface area contributed by atoms with E-state index in [-0.39, 0.29) is 36.2 Å². The summed E-state index contributed by atoms with van der Waals surface area (Å²) in [6, 6.07) is 3.67. The number of carbonyl (C=O) groups excluding carboxylic acids is 2. The molecule has 2 rings (SSSR count). The molecule has 0 radical (unpaired) electrons. The molecule has 1 saturated heterocycles. The van der Waals surface area contributed by atoms with Crippen molar-refractivity contribution in [2.45, 2.75) is 39.5 Å². The number of sulfonamides is 1. The second-order valence-corrected chi connectivity index (χ2v) is 8.89. The van der Waals surface area contributed by atoms with E-state index in [0.29, 0.717) is 18.7 Å². The van der Waals surface area contributed by atoms with Crippen molar-refractivity contribution < 1.29 is 22.7 Å². The normalized spacial score (nSPS) is 17.6. The van der Waals surface area contributed by atoms with Gasteiger partial charge in [-0.1, -0.05) is 0 Å². The number of carbonyl (C=O) groups is 2. The highest BCUT2D eigenvalue weighted by molar-refractivity contribution is 7.89. The van der Waals surface area contributed by atoms with Gasteiger partial charge in [0.1, 0.15) is 5.75 Å². The van der Waals surface area contributed by atoms with Gasteiger partial charge in [0.2, 0.25) is 15.9 Å². The van der Waals surface area contributed by atoms with Crippen LogP contribution in [-0.2, 0) is 14.8 Å². The number of methoxy groups -OCH3 is 1. The van der Waals surface area contributed by atoms with E-state index in [1.807, 2.05) is 26.0 Å². The Hall–Kier alpha value is -1.93. The summed E-state index contributed by atoms with van der Waals surface area (Å²) in [5.41, 5.74) is 2.46. The molecule has 1 aromatic rings. The second-order valence-electron chi connectivity index (χ2n) is 7.16. The van der Waals surface area contributed by atoms with Crippen molar-refractivity contribution in [3.05, 3.63) is 28.8 Å². The lowest BCUT2D eigenvalue weighted by Crippen LogP contribution is -2.42. The molecule has 1 atom stereocenters. The van der Waals surface area contributed by atoms with Crippen LogP contribution >= 0.6 is 0 Å². The van der Waals surface area contributed by atoms with Crippen LogP contribution in [0.5, 0.6) is 5.75 Å². The van der Waals surface area contributed by atoms with E-state index < -0.39 is 10.0 Å². The summed E-state index contributed by atoms with van der Waals surface area (Å²) in [4.78, 5) is 27.0. The SMILES string of the molecule is COc1c(C)cc(C(=O)C2CCCN(C(=O)CCCS(N)(=O)=O)C2)cc1C. The van der Waals surface area contributed by atoms with Crippen molar-refractivity contribution >= 4 is 21.7 Å². The number of aryl methyl sites for hydroxylation is 2. The Bertz CT molecular complexity index is 796. The number of hydrogen-bond donors (Lipinski definition) is 1. The fourth-order valence-corrected chi connectivity index (χ4v) is 4.20. The van der Waals surface area contributed by atoms with Gasteiger partial charge in [0.15, 0.2) is 5.78 Å². The monoisotopic (exact) mass is 396 g/mol. The summed E-state index contributed by atoms with van der Waals surface area (Å²) in [6.07, 6.45) is 1.82. The zero-order chi connectivity index (χ0) is 20.2. The van der Waals surface area contributed by atoms with E-state index in [4.69, 9.17) is 9.88 Å². The zero-order valence-electron chi connectivity index (χ0n) is 16.2. The Morgan fingerprint density at radius 1 is 1.26 bits per heavy atom. The number of ketones is 1. The van der Waals surface area contributed by atoms with Gasteiger partial charge < -0.3 is 9.64 Å². The molecule has 1 aliphatic heterocycles. The van der Waals surface area contributed by atoms with E-state index >= 15 is 0 Å². The van der Waals surface area contributed by atoms with Crippen molar-refractivity contribution in [3.8, 4) is 5.75 Å². The topological polar surface area (TPSA) is 107 Å². The number of Topliss-reactive ketones (excluding diaryl/α,β-unsaturated/α-hetero) is 1. The van der Waals surface area contributed by atoms with E-state index in [2.05, 4.69) is 0 Å². The van der Waals surface area contributed by atoms with Gasteiger partial charge in [-0.3, -0.25) is 9.59 Å². The Balaban J connectivity index is 2.03. The summed E-state index contributed by atoms with van der Waals surface area (Å²) < 4.78 is 27.3. The lowest BCUT2D eigenvalue weighted by molar-refractivity contribution is -0.132. The summed E-state index contributed by atoms with van der Waals surface area (Å²) >= 11 is 0. The molecule has 27 heavy (non-hydrogen) atoms. The molecule has 1 unspecified atom stereocenters. The predicted molar refractivity (Wildman–Crippen MR) is 103 cm³/mol. The minimum Gasteiger partial charge on any atom is -0.496 e. The summed E-state index contributed by atoms with van der Waals surface area (Å²) in [5, 5.41) is 4.97. The summed E-state index contributed by atoms with van der Waals surface area (Å²) in [7, 11) is -1.95. The molecule has 1 aromatic carbocycles. The third-order valence-electron chi connectivity index (χ3n) is 4.91. The van der Waals surface area contributed by atoms with Crippen LogP contribution in [0, 0.1) is 19.8 Å². The summed E-state index contributed by atoms with van der Waals surface area (Å²) in [6.45, 7) is 4.78. The Morgan fingerprint density at radius 2 is 1.89 bits per heavy atom. The molecular formula is C19H28N2O5S. The minimum atomic E-state index is -3.56. The zero-order valence-corrected chi connectivity index (χ0v) is 17.0. The number of benzene rings is 1. The molecule has 7 nitrogen and oxygen atoms in total. The predicted octanol–water partition coefficient (Wildman–Crippen LogP) is 1.80. The highest BCUT2D eigenvalue weighted by Crippen LogP contribution is 2.28. The Kier molecular flexibility index (Phi) is 7.00. The number of rotatable bonds is 7. The standard InChI is InChI=1S/C19H28N2O5S/c1-13-10-16(11-14(2)19(13)26-3)18(23)15-6-4-8-21(12-15)17(22)7-5-9-27(20,24)25/h10-11,15H,4-9,12H2,1-3H3,(H2,20,24,25). The van der Waals surface area contributed by atoms with Gasteiger partial charge in [-0.15, -0.1) is 0 Å². The summed E-state index contributed by atoms with van der Waals surface area (Å²) in [5.74, 6) is 0.235. The number of piperidine rings is 1. The van der Waals surface area contributed by atoms with Crippen molar-refractivity contribution in [1.82, 2.24) is 4.90 Å². The van der Waals surface area contributed by atoms with Crippen LogP contribution < -0.4 is 9.88 Å². The maximum atomic E-state index is 12.9. The molecule has 1 amide bonds. The maximum Gasteiger partial charge on any atom is 0.222 e. The van der Waals surface area contributed by atoms with Gasteiger partial charge in [-0.2, -0.15) is 0 Å². The number of nitrogens with two attached hydrogens (primary N) is 1. The lowest BCUT2D eigenvalue weighted by atomic mass is 9.88. The molecule has 1 fully saturated rings. The minimum absolute atomic E-state index is 0.0332. The molecule has 0 saturated carbocycles. The molecule has 150 valence electrons. The molecule has 0 spiro atoms. The fourth-order valence-electron chi connectivity index (χ4n) is 3.65. The van der Waals surface area contributed by atoms with Gasteiger partial charge in [0, 0.05) is 31.0 Å². The van der Waals surface area contributed by atoms with Gasteiger partial charge in [-0.25, -0.2) is 13.6 Å². The van der Waals surface area contributed by atoms with Crippen LogP contribution in [0.25, 0.3) is 0 Å². The lowest BCUT2D eigenvalue weighted by Gasteiger charge is -2.32. The second kappa shape index (κ2) is 8.84. The number of amides is 1. The van der Waals surface area contributed by atoms with Crippen LogP contribution in [0.15, 0.2) is 12.1 Å². The van der Waals surface area contributed by atoms with Crippen molar-refractivity contribution in [1.29, 1.82) is 0 Å². The average Bonchev–Trinajstić information content (AvgIpc) is 2.59. The fraction of sp³-hybridized carbons (Fsp3) is 0.579. The van der Waals surface area contributed by atoms with Gasteiger partial charge in [0.25, 0.3) is 0 Å².